The number of phenolic OH excluding ortho intramolecular Hbond substituents is 1. The highest BCUT2D eigenvalue weighted by atomic mass is 16.6. The number of ether oxygens (including phenoxy) is 1. The van der Waals surface area contributed by atoms with Crippen LogP contribution in [0.5, 0.6) is 5.75 Å². The van der Waals surface area contributed by atoms with Crippen molar-refractivity contribution in [3.63, 3.8) is 0 Å². The number of aromatic hydroxyl groups is 1. The van der Waals surface area contributed by atoms with E-state index >= 15 is 0 Å². The molecular formula is C29H41N3O5. The average Bonchev–Trinajstić information content (AvgIpc) is 2.78. The van der Waals surface area contributed by atoms with Crippen LogP contribution in [0.2, 0.25) is 0 Å². The molecule has 0 radical (unpaired) electrons. The minimum Gasteiger partial charge on any atom is -0.508 e. The van der Waals surface area contributed by atoms with Crippen LogP contribution in [0.4, 0.5) is 4.79 Å². The molecule has 3 N–H and O–H groups in total. The van der Waals surface area contributed by atoms with Crippen molar-refractivity contribution in [3.8, 4) is 5.75 Å². The molecule has 8 heteroatoms. The molecule has 2 aromatic carbocycles. The van der Waals surface area contributed by atoms with Crippen LogP contribution >= 0.6 is 0 Å². The smallest absolute Gasteiger partial charge is 0.408 e. The monoisotopic (exact) mass is 511 g/mol. The molecule has 0 bridgehead atoms. The maximum absolute atomic E-state index is 14.1. The molecule has 2 rings (SSSR count). The van der Waals surface area contributed by atoms with Gasteiger partial charge in [0.2, 0.25) is 11.8 Å². The number of amides is 3. The molecule has 202 valence electrons. The SMILES string of the molecule is CC(C)C(NC(=O)OC(C)(C)C)C(=O)N(C(C(=O)NCc1ccccc1)c1ccc(O)cc1)C(C)(C)C. The highest BCUT2D eigenvalue weighted by Crippen LogP contribution is 2.31. The van der Waals surface area contributed by atoms with Crippen molar-refractivity contribution in [1.82, 2.24) is 15.5 Å². The van der Waals surface area contributed by atoms with Gasteiger partial charge in [0, 0.05) is 12.1 Å². The Morgan fingerprint density at radius 1 is 0.919 bits per heavy atom. The molecule has 2 atom stereocenters. The first kappa shape index (κ1) is 29.7. The van der Waals surface area contributed by atoms with Crippen molar-refractivity contribution in [2.24, 2.45) is 5.92 Å². The summed E-state index contributed by atoms with van der Waals surface area (Å²) in [6, 6.07) is 13.7. The Hall–Kier alpha value is -3.55. The maximum atomic E-state index is 14.1. The first-order valence-electron chi connectivity index (χ1n) is 12.5. The Morgan fingerprint density at radius 3 is 1.97 bits per heavy atom. The number of hydrogen-bond donors (Lipinski definition) is 3. The summed E-state index contributed by atoms with van der Waals surface area (Å²) in [5, 5.41) is 15.5. The zero-order valence-corrected chi connectivity index (χ0v) is 23.2. The van der Waals surface area contributed by atoms with Crippen molar-refractivity contribution in [2.75, 3.05) is 0 Å². The van der Waals surface area contributed by atoms with Gasteiger partial charge in [-0.3, -0.25) is 9.59 Å². The highest BCUT2D eigenvalue weighted by Gasteiger charge is 2.42. The Bertz CT molecular complexity index is 1050. The minimum atomic E-state index is -1.02. The third kappa shape index (κ3) is 8.81. The number of nitrogens with one attached hydrogen (secondary N) is 2. The van der Waals surface area contributed by atoms with Gasteiger partial charge in [-0.1, -0.05) is 56.3 Å². The van der Waals surface area contributed by atoms with E-state index in [1.807, 2.05) is 65.0 Å². The maximum Gasteiger partial charge on any atom is 0.408 e. The molecule has 0 aliphatic heterocycles. The fourth-order valence-corrected chi connectivity index (χ4v) is 3.90. The van der Waals surface area contributed by atoms with Gasteiger partial charge in [-0.2, -0.15) is 0 Å². The lowest BCUT2D eigenvalue weighted by Gasteiger charge is -2.43. The third-order valence-corrected chi connectivity index (χ3v) is 5.59. The third-order valence-electron chi connectivity index (χ3n) is 5.59. The lowest BCUT2D eigenvalue weighted by Crippen LogP contribution is -2.59. The number of alkyl carbamates (subject to hydrolysis) is 1. The largest absolute Gasteiger partial charge is 0.508 e. The summed E-state index contributed by atoms with van der Waals surface area (Å²) in [5.74, 6) is -1.02. The molecule has 0 aromatic heterocycles. The zero-order chi connectivity index (χ0) is 28.0. The molecule has 0 spiro atoms. The molecule has 0 aliphatic carbocycles. The summed E-state index contributed by atoms with van der Waals surface area (Å²) in [5.41, 5.74) is -0.0801. The van der Waals surface area contributed by atoms with Crippen molar-refractivity contribution in [1.29, 1.82) is 0 Å². The topological polar surface area (TPSA) is 108 Å². The van der Waals surface area contributed by atoms with Gasteiger partial charge in [0.15, 0.2) is 0 Å². The number of rotatable bonds is 8. The van der Waals surface area contributed by atoms with E-state index in [0.29, 0.717) is 5.56 Å². The summed E-state index contributed by atoms with van der Waals surface area (Å²) in [6.07, 6.45) is -0.705. The van der Waals surface area contributed by atoms with Crippen LogP contribution in [-0.2, 0) is 20.9 Å². The number of nitrogens with zero attached hydrogens (tertiary/aromatic N) is 1. The van der Waals surface area contributed by atoms with Crippen molar-refractivity contribution < 1.29 is 24.2 Å². The van der Waals surface area contributed by atoms with Gasteiger partial charge in [0.1, 0.15) is 23.4 Å². The van der Waals surface area contributed by atoms with Gasteiger partial charge in [-0.05, 0) is 70.7 Å². The van der Waals surface area contributed by atoms with Crippen LogP contribution < -0.4 is 10.6 Å². The summed E-state index contributed by atoms with van der Waals surface area (Å²) in [6.45, 7) is 14.7. The van der Waals surface area contributed by atoms with Gasteiger partial charge >= 0.3 is 6.09 Å². The molecule has 8 nitrogen and oxygen atoms in total. The Labute approximate surface area is 220 Å². The van der Waals surface area contributed by atoms with Gasteiger partial charge in [-0.15, -0.1) is 0 Å². The van der Waals surface area contributed by atoms with E-state index in [1.165, 1.54) is 17.0 Å². The van der Waals surface area contributed by atoms with Crippen LogP contribution in [0.25, 0.3) is 0 Å². The van der Waals surface area contributed by atoms with Gasteiger partial charge in [0.05, 0.1) is 0 Å². The Kier molecular flexibility index (Phi) is 9.73. The highest BCUT2D eigenvalue weighted by molar-refractivity contribution is 5.92. The number of benzene rings is 2. The molecule has 0 fully saturated rings. The van der Waals surface area contributed by atoms with E-state index in [-0.39, 0.29) is 24.1 Å². The first-order valence-corrected chi connectivity index (χ1v) is 12.5. The molecule has 0 heterocycles. The molecular weight excluding hydrogens is 470 g/mol. The number of carbonyl (C=O) groups excluding carboxylic acids is 3. The number of carbonyl (C=O) groups is 3. The standard InChI is InChI=1S/C29H41N3O5/c1-19(2)23(31-27(36)37-29(6,7)8)26(35)32(28(3,4)5)24(21-14-16-22(33)17-15-21)25(34)30-18-20-12-10-9-11-13-20/h9-17,19,23-24,33H,18H2,1-8H3,(H,30,34)(H,31,36). The molecule has 2 aromatic rings. The fourth-order valence-electron chi connectivity index (χ4n) is 3.90. The Balaban J connectivity index is 2.49. The predicted molar refractivity (Wildman–Crippen MR) is 144 cm³/mol. The van der Waals surface area contributed by atoms with Crippen LogP contribution in [0, 0.1) is 5.92 Å². The molecule has 2 unspecified atom stereocenters. The second-order valence-electron chi connectivity index (χ2n) is 11.4. The summed E-state index contributed by atoms with van der Waals surface area (Å²) >= 11 is 0. The average molecular weight is 512 g/mol. The van der Waals surface area contributed by atoms with Crippen LogP contribution in [0.1, 0.15) is 72.6 Å². The number of phenols is 1. The molecule has 0 aliphatic rings. The van der Waals surface area contributed by atoms with Gasteiger partial charge < -0.3 is 25.4 Å². The predicted octanol–water partition coefficient (Wildman–Crippen LogP) is 4.93. The van der Waals surface area contributed by atoms with Crippen LogP contribution in [-0.4, -0.2) is 45.1 Å². The van der Waals surface area contributed by atoms with E-state index in [1.54, 1.807) is 32.9 Å². The van der Waals surface area contributed by atoms with Crippen LogP contribution in [0.3, 0.4) is 0 Å². The summed E-state index contributed by atoms with van der Waals surface area (Å²) in [7, 11) is 0. The van der Waals surface area contributed by atoms with Crippen LogP contribution in [0.15, 0.2) is 54.6 Å². The first-order chi connectivity index (χ1) is 17.1. The van der Waals surface area contributed by atoms with Crippen molar-refractivity contribution in [3.05, 3.63) is 65.7 Å². The quantitative estimate of drug-likeness (QED) is 0.466. The minimum absolute atomic E-state index is 0.0486. The summed E-state index contributed by atoms with van der Waals surface area (Å²) < 4.78 is 5.40. The molecule has 3 amide bonds. The Morgan fingerprint density at radius 2 is 1.49 bits per heavy atom. The molecule has 0 saturated carbocycles. The lowest BCUT2D eigenvalue weighted by molar-refractivity contribution is -0.149. The van der Waals surface area contributed by atoms with Gasteiger partial charge in [-0.25, -0.2) is 4.79 Å². The zero-order valence-electron chi connectivity index (χ0n) is 23.2. The van der Waals surface area contributed by atoms with E-state index < -0.39 is 35.2 Å². The molecule has 0 saturated heterocycles. The van der Waals surface area contributed by atoms with E-state index in [2.05, 4.69) is 10.6 Å². The number of hydrogen-bond acceptors (Lipinski definition) is 5. The second kappa shape index (κ2) is 12.1. The summed E-state index contributed by atoms with van der Waals surface area (Å²) in [4.78, 5) is 41.9. The lowest BCUT2D eigenvalue weighted by atomic mass is 9.93. The second-order valence-corrected chi connectivity index (χ2v) is 11.4. The van der Waals surface area contributed by atoms with Crippen molar-refractivity contribution >= 4 is 17.9 Å². The van der Waals surface area contributed by atoms with Crippen molar-refractivity contribution in [2.45, 2.75) is 85.2 Å². The van der Waals surface area contributed by atoms with E-state index in [0.717, 1.165) is 5.56 Å². The van der Waals surface area contributed by atoms with E-state index in [9.17, 15) is 19.5 Å². The normalized spacial score (nSPS) is 13.4. The fraction of sp³-hybridized carbons (Fsp3) is 0.483. The van der Waals surface area contributed by atoms with E-state index in [4.69, 9.17) is 4.74 Å². The molecule has 37 heavy (non-hydrogen) atoms. The van der Waals surface area contributed by atoms with Gasteiger partial charge in [0.25, 0.3) is 0 Å².